The lowest BCUT2D eigenvalue weighted by Gasteiger charge is -2.07. The van der Waals surface area contributed by atoms with Crippen molar-refractivity contribution in [3.63, 3.8) is 0 Å². The van der Waals surface area contributed by atoms with Crippen molar-refractivity contribution in [3.8, 4) is 0 Å². The quantitative estimate of drug-likeness (QED) is 0.851. The summed E-state index contributed by atoms with van der Waals surface area (Å²) in [6, 6.07) is 3.52. The molecule has 0 aliphatic heterocycles. The van der Waals surface area contributed by atoms with Gasteiger partial charge in [0.15, 0.2) is 15.7 Å². The summed E-state index contributed by atoms with van der Waals surface area (Å²) in [5.74, 6) is -1.33. The summed E-state index contributed by atoms with van der Waals surface area (Å²) in [7, 11) is -3.70. The van der Waals surface area contributed by atoms with Crippen molar-refractivity contribution >= 4 is 21.6 Å². The van der Waals surface area contributed by atoms with Crippen LogP contribution in [0.5, 0.6) is 0 Å². The maximum atomic E-state index is 13.6. The van der Waals surface area contributed by atoms with Gasteiger partial charge in [-0.25, -0.2) is 17.6 Å². The number of hydrogen-bond donors (Lipinski definition) is 2. The summed E-state index contributed by atoms with van der Waals surface area (Å²) in [6.45, 7) is 1.38. The molecule has 16 heavy (non-hydrogen) atoms. The van der Waals surface area contributed by atoms with Gasteiger partial charge in [-0.05, 0) is 12.1 Å². The standard InChI is InChI=1S/C9H10FNO4S/c1-2-16(14,15)7-5-3-4-6(8(7)10)11-9(12)13/h3-5,11H,2H2,1H3,(H,12,13). The van der Waals surface area contributed by atoms with Crippen LogP contribution in [0.2, 0.25) is 0 Å². The molecular formula is C9H10FNO4S. The molecule has 1 amide bonds. The first-order valence-electron chi connectivity index (χ1n) is 4.39. The van der Waals surface area contributed by atoms with Crippen LogP contribution >= 0.6 is 0 Å². The molecule has 1 aromatic carbocycles. The summed E-state index contributed by atoms with van der Waals surface area (Å²) < 4.78 is 36.5. The summed E-state index contributed by atoms with van der Waals surface area (Å²) in [5, 5.41) is 10.2. The Balaban J connectivity index is 3.29. The number of benzene rings is 1. The molecule has 0 fully saturated rings. The smallest absolute Gasteiger partial charge is 0.409 e. The van der Waals surface area contributed by atoms with E-state index in [0.29, 0.717) is 0 Å². The van der Waals surface area contributed by atoms with Crippen LogP contribution < -0.4 is 5.32 Å². The fraction of sp³-hybridized carbons (Fsp3) is 0.222. The molecule has 5 nitrogen and oxygen atoms in total. The second-order valence-electron chi connectivity index (χ2n) is 2.95. The fourth-order valence-electron chi connectivity index (χ4n) is 1.12. The maximum absolute atomic E-state index is 13.6. The van der Waals surface area contributed by atoms with Crippen LogP contribution in [0.4, 0.5) is 14.9 Å². The van der Waals surface area contributed by atoms with Crippen molar-refractivity contribution in [2.45, 2.75) is 11.8 Å². The Labute approximate surface area is 91.8 Å². The Morgan fingerprint density at radius 2 is 2.12 bits per heavy atom. The maximum Gasteiger partial charge on any atom is 0.409 e. The lowest BCUT2D eigenvalue weighted by molar-refractivity contribution is 0.209. The summed E-state index contributed by atoms with van der Waals surface area (Å²) in [6.07, 6.45) is -1.45. The number of sulfone groups is 1. The van der Waals surface area contributed by atoms with Gasteiger partial charge in [-0.1, -0.05) is 13.0 Å². The van der Waals surface area contributed by atoms with E-state index in [2.05, 4.69) is 0 Å². The molecule has 0 heterocycles. The predicted molar refractivity (Wildman–Crippen MR) is 55.8 cm³/mol. The molecule has 0 aromatic heterocycles. The average molecular weight is 247 g/mol. The first kappa shape index (κ1) is 12.4. The second kappa shape index (κ2) is 4.48. The van der Waals surface area contributed by atoms with E-state index < -0.39 is 26.6 Å². The third-order valence-corrected chi connectivity index (χ3v) is 3.67. The Morgan fingerprint density at radius 1 is 1.50 bits per heavy atom. The van der Waals surface area contributed by atoms with Gasteiger partial charge < -0.3 is 5.11 Å². The topological polar surface area (TPSA) is 83.5 Å². The number of rotatable bonds is 3. The largest absolute Gasteiger partial charge is 0.465 e. The van der Waals surface area contributed by atoms with Gasteiger partial charge in [-0.15, -0.1) is 0 Å². The van der Waals surface area contributed by atoms with Gasteiger partial charge in [-0.2, -0.15) is 0 Å². The van der Waals surface area contributed by atoms with Gasteiger partial charge >= 0.3 is 6.09 Å². The fourth-order valence-corrected chi connectivity index (χ4v) is 2.10. The number of halogens is 1. The molecule has 0 atom stereocenters. The minimum Gasteiger partial charge on any atom is -0.465 e. The Hall–Kier alpha value is -1.63. The number of amides is 1. The number of hydrogen-bond acceptors (Lipinski definition) is 3. The van der Waals surface area contributed by atoms with Crippen LogP contribution in [-0.2, 0) is 9.84 Å². The highest BCUT2D eigenvalue weighted by Gasteiger charge is 2.19. The van der Waals surface area contributed by atoms with Crippen molar-refractivity contribution < 1.29 is 22.7 Å². The van der Waals surface area contributed by atoms with Gasteiger partial charge in [0.1, 0.15) is 4.90 Å². The van der Waals surface area contributed by atoms with E-state index in [-0.39, 0.29) is 11.4 Å². The van der Waals surface area contributed by atoms with Crippen molar-refractivity contribution in [1.82, 2.24) is 0 Å². The zero-order chi connectivity index (χ0) is 12.3. The van der Waals surface area contributed by atoms with E-state index in [9.17, 15) is 17.6 Å². The number of anilines is 1. The van der Waals surface area contributed by atoms with Crippen molar-refractivity contribution in [2.75, 3.05) is 11.1 Å². The van der Waals surface area contributed by atoms with Crippen LogP contribution in [0.1, 0.15) is 6.92 Å². The summed E-state index contributed by atoms with van der Waals surface area (Å²) in [4.78, 5) is 9.83. The van der Waals surface area contributed by atoms with Crippen molar-refractivity contribution in [2.24, 2.45) is 0 Å². The lowest BCUT2D eigenvalue weighted by atomic mass is 10.3. The monoisotopic (exact) mass is 247 g/mol. The second-order valence-corrected chi connectivity index (χ2v) is 5.20. The number of nitrogens with one attached hydrogen (secondary N) is 1. The summed E-state index contributed by atoms with van der Waals surface area (Å²) >= 11 is 0. The van der Waals surface area contributed by atoms with E-state index in [4.69, 9.17) is 5.11 Å². The zero-order valence-corrected chi connectivity index (χ0v) is 9.21. The van der Waals surface area contributed by atoms with E-state index in [0.717, 1.165) is 12.1 Å². The molecule has 88 valence electrons. The molecular weight excluding hydrogens is 237 g/mol. The van der Waals surface area contributed by atoms with Gasteiger partial charge in [-0.3, -0.25) is 5.32 Å². The third-order valence-electron chi connectivity index (χ3n) is 1.92. The lowest BCUT2D eigenvalue weighted by Crippen LogP contribution is -2.12. The Kier molecular flexibility index (Phi) is 3.48. The molecule has 0 bridgehead atoms. The highest BCUT2D eigenvalue weighted by molar-refractivity contribution is 7.91. The first-order valence-corrected chi connectivity index (χ1v) is 6.05. The van der Waals surface area contributed by atoms with Gasteiger partial charge in [0, 0.05) is 0 Å². The average Bonchev–Trinajstić information content (AvgIpc) is 2.20. The molecule has 0 spiro atoms. The molecule has 0 saturated carbocycles. The minimum atomic E-state index is -3.70. The van der Waals surface area contributed by atoms with Gasteiger partial charge in [0.2, 0.25) is 0 Å². The molecule has 1 aromatic rings. The van der Waals surface area contributed by atoms with Crippen LogP contribution in [0.15, 0.2) is 23.1 Å². The normalized spacial score (nSPS) is 11.1. The van der Waals surface area contributed by atoms with E-state index in [1.165, 1.54) is 13.0 Å². The Bertz CT molecular complexity index is 512. The predicted octanol–water partition coefficient (Wildman–Crippen LogP) is 1.71. The SMILES string of the molecule is CCS(=O)(=O)c1cccc(NC(=O)O)c1F. The van der Waals surface area contributed by atoms with Crippen molar-refractivity contribution in [1.29, 1.82) is 0 Å². The van der Waals surface area contributed by atoms with E-state index >= 15 is 0 Å². The van der Waals surface area contributed by atoms with Gasteiger partial charge in [0.25, 0.3) is 0 Å². The Morgan fingerprint density at radius 3 is 2.62 bits per heavy atom. The van der Waals surface area contributed by atoms with Gasteiger partial charge in [0.05, 0.1) is 11.4 Å². The molecule has 0 aliphatic carbocycles. The molecule has 0 saturated heterocycles. The van der Waals surface area contributed by atoms with E-state index in [1.54, 1.807) is 5.32 Å². The molecule has 0 aliphatic rings. The van der Waals surface area contributed by atoms with Crippen molar-refractivity contribution in [3.05, 3.63) is 24.0 Å². The van der Waals surface area contributed by atoms with Crippen LogP contribution in [0.25, 0.3) is 0 Å². The number of carboxylic acid groups (broad SMARTS) is 1. The highest BCUT2D eigenvalue weighted by atomic mass is 32.2. The van der Waals surface area contributed by atoms with E-state index in [1.807, 2.05) is 0 Å². The minimum absolute atomic E-state index is 0.250. The zero-order valence-electron chi connectivity index (χ0n) is 8.40. The molecule has 7 heteroatoms. The molecule has 0 radical (unpaired) electrons. The molecule has 1 rings (SSSR count). The third kappa shape index (κ3) is 2.48. The van der Waals surface area contributed by atoms with Crippen LogP contribution in [-0.4, -0.2) is 25.4 Å². The van der Waals surface area contributed by atoms with Crippen LogP contribution in [0.3, 0.4) is 0 Å². The summed E-state index contributed by atoms with van der Waals surface area (Å²) in [5.41, 5.74) is -0.373. The highest BCUT2D eigenvalue weighted by Crippen LogP contribution is 2.22. The number of carbonyl (C=O) groups is 1. The van der Waals surface area contributed by atoms with Crippen LogP contribution in [0, 0.1) is 5.82 Å². The first-order chi connectivity index (χ1) is 7.38. The molecule has 0 unspecified atom stereocenters. The molecule has 2 N–H and O–H groups in total.